The fourth-order valence-corrected chi connectivity index (χ4v) is 1.67. The van der Waals surface area contributed by atoms with Crippen LogP contribution < -0.4 is 0 Å². The van der Waals surface area contributed by atoms with Gasteiger partial charge in [0.05, 0.1) is 12.7 Å². The van der Waals surface area contributed by atoms with Crippen LogP contribution in [-0.2, 0) is 4.74 Å². The van der Waals surface area contributed by atoms with Crippen LogP contribution in [-0.4, -0.2) is 18.0 Å². The number of ether oxygens (including phenoxy) is 1. The van der Waals surface area contributed by atoms with E-state index >= 15 is 0 Å². The molecule has 0 aliphatic carbocycles. The summed E-state index contributed by atoms with van der Waals surface area (Å²) < 4.78 is 5.53. The second kappa shape index (κ2) is 6.01. The maximum absolute atomic E-state index is 5.53. The molecular weight excluding hydrogens is 204 g/mol. The maximum Gasteiger partial charge on any atom is 0.0519 e. The molecule has 1 nitrogen and oxygen atoms in total. The summed E-state index contributed by atoms with van der Waals surface area (Å²) in [5.74, 6) is 1.35. The molecule has 0 saturated heterocycles. The van der Waals surface area contributed by atoms with Gasteiger partial charge in [-0.05, 0) is 25.7 Å². The van der Waals surface area contributed by atoms with Crippen LogP contribution in [0.1, 0.15) is 27.7 Å². The molecule has 0 aromatic rings. The first-order chi connectivity index (χ1) is 5.07. The lowest BCUT2D eigenvalue weighted by Crippen LogP contribution is -2.19. The summed E-state index contributed by atoms with van der Waals surface area (Å²) in [6.07, 6.45) is 0.357. The molecule has 0 bridgehead atoms. The van der Waals surface area contributed by atoms with Crippen molar-refractivity contribution >= 4 is 15.9 Å². The highest BCUT2D eigenvalue weighted by Crippen LogP contribution is 2.14. The van der Waals surface area contributed by atoms with E-state index in [4.69, 9.17) is 4.74 Å². The predicted octanol–water partition coefficient (Wildman–Crippen LogP) is 3.08. The lowest BCUT2D eigenvalue weighted by atomic mass is 9.99. The smallest absolute Gasteiger partial charge is 0.0519 e. The van der Waals surface area contributed by atoms with Crippen molar-refractivity contribution < 1.29 is 4.74 Å². The van der Waals surface area contributed by atoms with Gasteiger partial charge >= 0.3 is 0 Å². The third-order valence-electron chi connectivity index (χ3n) is 1.78. The molecule has 0 radical (unpaired) electrons. The van der Waals surface area contributed by atoms with E-state index in [2.05, 4.69) is 43.6 Å². The zero-order chi connectivity index (χ0) is 8.85. The number of rotatable bonds is 5. The van der Waals surface area contributed by atoms with Crippen molar-refractivity contribution in [1.29, 1.82) is 0 Å². The van der Waals surface area contributed by atoms with Crippen LogP contribution in [0.3, 0.4) is 0 Å². The van der Waals surface area contributed by atoms with Crippen molar-refractivity contribution in [2.75, 3.05) is 11.9 Å². The van der Waals surface area contributed by atoms with E-state index in [1.165, 1.54) is 0 Å². The Morgan fingerprint density at radius 1 is 1.18 bits per heavy atom. The summed E-state index contributed by atoms with van der Waals surface area (Å²) in [6, 6.07) is 0. The van der Waals surface area contributed by atoms with Gasteiger partial charge in [-0.15, -0.1) is 0 Å². The van der Waals surface area contributed by atoms with Gasteiger partial charge in [-0.25, -0.2) is 0 Å². The molecule has 0 saturated carbocycles. The highest BCUT2D eigenvalue weighted by atomic mass is 79.9. The Kier molecular flexibility index (Phi) is 6.25. The van der Waals surface area contributed by atoms with Crippen molar-refractivity contribution in [3.8, 4) is 0 Å². The largest absolute Gasteiger partial charge is 0.378 e. The van der Waals surface area contributed by atoms with Crippen molar-refractivity contribution in [3.05, 3.63) is 0 Å². The van der Waals surface area contributed by atoms with Gasteiger partial charge in [0.2, 0.25) is 0 Å². The van der Waals surface area contributed by atoms with Crippen LogP contribution >= 0.6 is 15.9 Å². The monoisotopic (exact) mass is 222 g/mol. The van der Waals surface area contributed by atoms with Gasteiger partial charge in [-0.3, -0.25) is 0 Å². The maximum atomic E-state index is 5.53. The fraction of sp³-hybridized carbons (Fsp3) is 1.00. The van der Waals surface area contributed by atoms with Crippen LogP contribution in [0.5, 0.6) is 0 Å². The van der Waals surface area contributed by atoms with E-state index < -0.39 is 0 Å². The van der Waals surface area contributed by atoms with Gasteiger partial charge < -0.3 is 4.74 Å². The number of hydrogen-bond donors (Lipinski definition) is 0. The standard InChI is InChI=1S/C9H19BrO/c1-7(2)9(5-10)6-11-8(3)4/h7-9H,5-6H2,1-4H3. The second-order valence-electron chi connectivity index (χ2n) is 3.54. The minimum absolute atomic E-state index is 0.357. The molecule has 0 rings (SSSR count). The zero-order valence-electron chi connectivity index (χ0n) is 7.93. The first-order valence-corrected chi connectivity index (χ1v) is 5.37. The van der Waals surface area contributed by atoms with Crippen LogP contribution in [0.25, 0.3) is 0 Å². The fourth-order valence-electron chi connectivity index (χ4n) is 0.731. The molecular formula is C9H19BrO. The average molecular weight is 223 g/mol. The molecule has 0 heterocycles. The molecule has 0 amide bonds. The van der Waals surface area contributed by atoms with Crippen molar-refractivity contribution in [1.82, 2.24) is 0 Å². The summed E-state index contributed by atoms with van der Waals surface area (Å²) >= 11 is 3.49. The van der Waals surface area contributed by atoms with Crippen LogP contribution in [0.4, 0.5) is 0 Å². The van der Waals surface area contributed by atoms with Crippen molar-refractivity contribution in [3.63, 3.8) is 0 Å². The van der Waals surface area contributed by atoms with E-state index in [0.717, 1.165) is 11.9 Å². The van der Waals surface area contributed by atoms with Gasteiger partial charge in [-0.2, -0.15) is 0 Å². The molecule has 1 unspecified atom stereocenters. The summed E-state index contributed by atoms with van der Waals surface area (Å²) in [5.41, 5.74) is 0. The predicted molar refractivity (Wildman–Crippen MR) is 53.2 cm³/mol. The van der Waals surface area contributed by atoms with Gasteiger partial charge in [-0.1, -0.05) is 29.8 Å². The van der Waals surface area contributed by atoms with Crippen molar-refractivity contribution in [2.45, 2.75) is 33.8 Å². The molecule has 1 atom stereocenters. The van der Waals surface area contributed by atoms with E-state index in [9.17, 15) is 0 Å². The lowest BCUT2D eigenvalue weighted by Gasteiger charge is -2.19. The van der Waals surface area contributed by atoms with Gasteiger partial charge in [0.15, 0.2) is 0 Å². The average Bonchev–Trinajstić information content (AvgIpc) is 1.87. The third-order valence-corrected chi connectivity index (χ3v) is 2.62. The topological polar surface area (TPSA) is 9.23 Å². The first-order valence-electron chi connectivity index (χ1n) is 4.25. The molecule has 0 aliphatic rings. The number of halogens is 1. The van der Waals surface area contributed by atoms with Crippen LogP contribution in [0.2, 0.25) is 0 Å². The Bertz CT molecular complexity index is 91.6. The molecule has 0 aromatic carbocycles. The highest BCUT2D eigenvalue weighted by Gasteiger charge is 2.12. The molecule has 0 spiro atoms. The second-order valence-corrected chi connectivity index (χ2v) is 4.19. The van der Waals surface area contributed by atoms with E-state index in [1.807, 2.05) is 0 Å². The molecule has 68 valence electrons. The van der Waals surface area contributed by atoms with E-state index in [0.29, 0.717) is 17.9 Å². The SMILES string of the molecule is CC(C)OCC(CBr)C(C)C. The molecule has 0 N–H and O–H groups in total. The normalized spacial score (nSPS) is 14.5. The van der Waals surface area contributed by atoms with Crippen LogP contribution in [0, 0.1) is 11.8 Å². The van der Waals surface area contributed by atoms with Crippen LogP contribution in [0.15, 0.2) is 0 Å². The van der Waals surface area contributed by atoms with E-state index in [1.54, 1.807) is 0 Å². The minimum Gasteiger partial charge on any atom is -0.378 e. The first kappa shape index (κ1) is 11.4. The summed E-state index contributed by atoms with van der Waals surface area (Å²) in [4.78, 5) is 0. The number of alkyl halides is 1. The quantitative estimate of drug-likeness (QED) is 0.651. The molecule has 0 fully saturated rings. The van der Waals surface area contributed by atoms with E-state index in [-0.39, 0.29) is 0 Å². The Morgan fingerprint density at radius 3 is 2.00 bits per heavy atom. The minimum atomic E-state index is 0.357. The Labute approximate surface area is 78.6 Å². The third kappa shape index (κ3) is 5.68. The Hall–Kier alpha value is 0.440. The lowest BCUT2D eigenvalue weighted by molar-refractivity contribution is 0.0460. The highest BCUT2D eigenvalue weighted by molar-refractivity contribution is 9.09. The number of hydrogen-bond acceptors (Lipinski definition) is 1. The van der Waals surface area contributed by atoms with Gasteiger partial charge in [0.25, 0.3) is 0 Å². The summed E-state index contributed by atoms with van der Waals surface area (Å²) in [6.45, 7) is 9.49. The Morgan fingerprint density at radius 2 is 1.73 bits per heavy atom. The molecule has 2 heteroatoms. The summed E-state index contributed by atoms with van der Waals surface area (Å²) in [5, 5.41) is 1.04. The van der Waals surface area contributed by atoms with Gasteiger partial charge in [0, 0.05) is 5.33 Å². The Balaban J connectivity index is 3.52. The van der Waals surface area contributed by atoms with Crippen molar-refractivity contribution in [2.24, 2.45) is 11.8 Å². The zero-order valence-corrected chi connectivity index (χ0v) is 9.52. The molecule has 0 aliphatic heterocycles. The molecule has 11 heavy (non-hydrogen) atoms. The summed E-state index contributed by atoms with van der Waals surface area (Å²) in [7, 11) is 0. The van der Waals surface area contributed by atoms with Gasteiger partial charge in [0.1, 0.15) is 0 Å². The molecule has 0 aromatic heterocycles.